The van der Waals surface area contributed by atoms with Crippen LogP contribution in [0.15, 0.2) is 18.2 Å². The summed E-state index contributed by atoms with van der Waals surface area (Å²) in [6, 6.07) is 6.94. The summed E-state index contributed by atoms with van der Waals surface area (Å²) in [6.07, 6.45) is 2.73. The van der Waals surface area contributed by atoms with E-state index in [0.29, 0.717) is 24.3 Å². The Morgan fingerprint density at radius 2 is 2.15 bits per heavy atom. The molecule has 3 rings (SSSR count). The molecule has 1 fully saturated rings. The van der Waals surface area contributed by atoms with Gasteiger partial charge in [0.15, 0.2) is 9.84 Å². The maximum Gasteiger partial charge on any atom is 0.154 e. The molecule has 1 aromatic carbocycles. The Balaban J connectivity index is 1.74. The molecule has 0 unspecified atom stereocenters. The minimum Gasteiger partial charge on any atom is -0.308 e. The molecule has 0 spiro atoms. The molecule has 20 heavy (non-hydrogen) atoms. The van der Waals surface area contributed by atoms with Crippen LogP contribution in [0.5, 0.6) is 0 Å². The second-order valence-electron chi connectivity index (χ2n) is 6.40. The van der Waals surface area contributed by atoms with E-state index in [2.05, 4.69) is 37.4 Å². The van der Waals surface area contributed by atoms with Crippen molar-refractivity contribution in [1.29, 1.82) is 0 Å². The molecule has 4 heteroatoms. The van der Waals surface area contributed by atoms with Crippen molar-refractivity contribution in [3.8, 4) is 0 Å². The number of nitrogens with one attached hydrogen (secondary N) is 1. The molecule has 110 valence electrons. The molecule has 3 nitrogen and oxygen atoms in total. The lowest BCUT2D eigenvalue weighted by atomic mass is 10.0. The van der Waals surface area contributed by atoms with E-state index >= 15 is 0 Å². The average molecular weight is 293 g/mol. The number of fused-ring (bicyclic) bond motifs is 1. The zero-order valence-electron chi connectivity index (χ0n) is 12.2. The first-order valence-corrected chi connectivity index (χ1v) is 9.23. The van der Waals surface area contributed by atoms with Crippen LogP contribution in [0.4, 0.5) is 0 Å². The van der Waals surface area contributed by atoms with Gasteiger partial charge < -0.3 is 5.32 Å². The molecule has 1 heterocycles. The number of benzene rings is 1. The van der Waals surface area contributed by atoms with Crippen molar-refractivity contribution in [2.24, 2.45) is 5.92 Å². The average Bonchev–Trinajstić information content (AvgIpc) is 2.86. The van der Waals surface area contributed by atoms with Gasteiger partial charge in [0, 0.05) is 12.6 Å². The van der Waals surface area contributed by atoms with Crippen LogP contribution in [0.1, 0.15) is 42.5 Å². The van der Waals surface area contributed by atoms with E-state index in [-0.39, 0.29) is 5.25 Å². The van der Waals surface area contributed by atoms with Crippen molar-refractivity contribution < 1.29 is 8.42 Å². The van der Waals surface area contributed by atoms with Gasteiger partial charge >= 0.3 is 0 Å². The fourth-order valence-corrected chi connectivity index (χ4v) is 5.40. The van der Waals surface area contributed by atoms with E-state index < -0.39 is 9.84 Å². The minimum absolute atomic E-state index is 0.177. The largest absolute Gasteiger partial charge is 0.308 e. The zero-order chi connectivity index (χ0) is 14.3. The van der Waals surface area contributed by atoms with E-state index in [1.165, 1.54) is 16.7 Å². The molecule has 1 aliphatic heterocycles. The van der Waals surface area contributed by atoms with Crippen molar-refractivity contribution in [3.63, 3.8) is 0 Å². The van der Waals surface area contributed by atoms with Crippen LogP contribution in [0, 0.1) is 12.8 Å². The maximum atomic E-state index is 11.9. The lowest BCUT2D eigenvalue weighted by Crippen LogP contribution is -2.34. The number of hydrogen-bond donors (Lipinski definition) is 1. The first-order chi connectivity index (χ1) is 9.47. The number of sulfone groups is 1. The lowest BCUT2D eigenvalue weighted by molar-refractivity contribution is 0.412. The number of aryl methyl sites for hydroxylation is 1. The third kappa shape index (κ3) is 2.51. The second-order valence-corrected chi connectivity index (χ2v) is 8.80. The molecule has 0 aromatic heterocycles. The monoisotopic (exact) mass is 293 g/mol. The van der Waals surface area contributed by atoms with Crippen LogP contribution in [0.25, 0.3) is 0 Å². The van der Waals surface area contributed by atoms with Gasteiger partial charge in [0.2, 0.25) is 0 Å². The predicted octanol–water partition coefficient (Wildman–Crippen LogP) is 2.40. The molecule has 0 bridgehead atoms. The van der Waals surface area contributed by atoms with Crippen LogP contribution in [-0.2, 0) is 16.3 Å². The third-order valence-corrected chi connectivity index (χ3v) is 7.05. The molecule has 1 saturated heterocycles. The summed E-state index contributed by atoms with van der Waals surface area (Å²) in [5, 5.41) is 3.36. The highest BCUT2D eigenvalue weighted by atomic mass is 32.2. The Morgan fingerprint density at radius 1 is 1.35 bits per heavy atom. The second kappa shape index (κ2) is 5.15. The van der Waals surface area contributed by atoms with E-state index in [1.807, 2.05) is 0 Å². The summed E-state index contributed by atoms with van der Waals surface area (Å²) in [5.41, 5.74) is 4.06. The summed E-state index contributed by atoms with van der Waals surface area (Å²) < 4.78 is 23.8. The Labute approximate surface area is 121 Å². The van der Waals surface area contributed by atoms with Crippen molar-refractivity contribution in [2.75, 3.05) is 12.3 Å². The molecule has 1 N–H and O–H groups in total. The van der Waals surface area contributed by atoms with Gasteiger partial charge in [-0.05, 0) is 43.2 Å². The topological polar surface area (TPSA) is 46.2 Å². The normalized spacial score (nSPS) is 31.4. The van der Waals surface area contributed by atoms with Gasteiger partial charge in [0.25, 0.3) is 0 Å². The van der Waals surface area contributed by atoms with Gasteiger partial charge in [0.05, 0.1) is 11.0 Å². The van der Waals surface area contributed by atoms with Crippen LogP contribution in [-0.4, -0.2) is 26.0 Å². The zero-order valence-corrected chi connectivity index (χ0v) is 13.0. The van der Waals surface area contributed by atoms with Crippen molar-refractivity contribution in [2.45, 2.75) is 44.4 Å². The summed E-state index contributed by atoms with van der Waals surface area (Å²) in [6.45, 7) is 4.96. The predicted molar refractivity (Wildman–Crippen MR) is 81.6 cm³/mol. The highest BCUT2D eigenvalue weighted by Gasteiger charge is 2.34. The standard InChI is InChI=1S/C16H23NO2S/c1-11-5-6-13-9-12(2)16(15(13)8-11)17-10-14-4-3-7-20(14,18)19/h5-6,8,12,14,16-17H,3-4,7,9-10H2,1-2H3/t12-,14+,16+/m0/s1. The van der Waals surface area contributed by atoms with Gasteiger partial charge in [-0.3, -0.25) is 0 Å². The fraction of sp³-hybridized carbons (Fsp3) is 0.625. The van der Waals surface area contributed by atoms with E-state index in [1.54, 1.807) is 0 Å². The Bertz CT molecular complexity index is 609. The molecular weight excluding hydrogens is 270 g/mol. The van der Waals surface area contributed by atoms with E-state index in [4.69, 9.17) is 0 Å². The van der Waals surface area contributed by atoms with Gasteiger partial charge in [-0.2, -0.15) is 0 Å². The summed E-state index contributed by atoms with van der Waals surface area (Å²) >= 11 is 0. The minimum atomic E-state index is -2.84. The molecule has 0 amide bonds. The van der Waals surface area contributed by atoms with Crippen molar-refractivity contribution in [3.05, 3.63) is 34.9 Å². The van der Waals surface area contributed by atoms with E-state index in [0.717, 1.165) is 19.3 Å². The molecule has 2 aliphatic rings. The Kier molecular flexibility index (Phi) is 3.63. The van der Waals surface area contributed by atoms with Gasteiger partial charge in [-0.25, -0.2) is 8.42 Å². The summed E-state index contributed by atoms with van der Waals surface area (Å²) in [5.74, 6) is 0.908. The Hall–Kier alpha value is -0.870. The first-order valence-electron chi connectivity index (χ1n) is 7.52. The fourth-order valence-electron chi connectivity index (χ4n) is 3.62. The maximum absolute atomic E-state index is 11.9. The molecule has 0 radical (unpaired) electrons. The molecule has 3 atom stereocenters. The lowest BCUT2D eigenvalue weighted by Gasteiger charge is -2.21. The van der Waals surface area contributed by atoms with Gasteiger partial charge in [-0.1, -0.05) is 30.7 Å². The summed E-state index contributed by atoms with van der Waals surface area (Å²) in [7, 11) is -2.84. The number of hydrogen-bond acceptors (Lipinski definition) is 3. The third-order valence-electron chi connectivity index (χ3n) is 4.78. The van der Waals surface area contributed by atoms with Crippen molar-refractivity contribution >= 4 is 9.84 Å². The SMILES string of the molecule is Cc1ccc2c(c1)[C@H](NC[C@H]1CCCS1(=O)=O)[C@@H](C)C2. The molecule has 1 aromatic rings. The van der Waals surface area contributed by atoms with Crippen molar-refractivity contribution in [1.82, 2.24) is 5.32 Å². The summed E-state index contributed by atoms with van der Waals surface area (Å²) in [4.78, 5) is 0. The molecule has 0 saturated carbocycles. The van der Waals surface area contributed by atoms with Crippen LogP contribution in [0.2, 0.25) is 0 Å². The first kappa shape index (κ1) is 14.1. The number of rotatable bonds is 3. The molecular formula is C16H23NO2S. The van der Waals surface area contributed by atoms with Crippen LogP contribution < -0.4 is 5.32 Å². The quantitative estimate of drug-likeness (QED) is 0.931. The Morgan fingerprint density at radius 3 is 2.85 bits per heavy atom. The highest BCUT2D eigenvalue weighted by Crippen LogP contribution is 2.36. The highest BCUT2D eigenvalue weighted by molar-refractivity contribution is 7.92. The smallest absolute Gasteiger partial charge is 0.154 e. The molecule has 1 aliphatic carbocycles. The van der Waals surface area contributed by atoms with Crippen LogP contribution >= 0.6 is 0 Å². The van der Waals surface area contributed by atoms with Gasteiger partial charge in [-0.15, -0.1) is 0 Å². The van der Waals surface area contributed by atoms with E-state index in [9.17, 15) is 8.42 Å². The van der Waals surface area contributed by atoms with Gasteiger partial charge in [0.1, 0.15) is 0 Å². The van der Waals surface area contributed by atoms with Crippen LogP contribution in [0.3, 0.4) is 0 Å².